The molecule has 0 aromatic carbocycles. The van der Waals surface area contributed by atoms with Crippen LogP contribution in [0.25, 0.3) is 0 Å². The summed E-state index contributed by atoms with van der Waals surface area (Å²) in [6.07, 6.45) is 5.64. The summed E-state index contributed by atoms with van der Waals surface area (Å²) in [5, 5.41) is 40.4. The van der Waals surface area contributed by atoms with Crippen LogP contribution in [0.15, 0.2) is 0 Å². The third kappa shape index (κ3) is 4.36. The number of rotatable bonds is 3. The molecule has 234 valence electrons. The van der Waals surface area contributed by atoms with Gasteiger partial charge in [-0.1, -0.05) is 27.7 Å². The van der Waals surface area contributed by atoms with Gasteiger partial charge in [0.15, 0.2) is 12.1 Å². The van der Waals surface area contributed by atoms with E-state index < -0.39 is 37.3 Å². The molecule has 4 saturated carbocycles. The number of aliphatic hydroxyl groups is 4. The van der Waals surface area contributed by atoms with Crippen molar-refractivity contribution in [3.05, 3.63) is 0 Å². The van der Waals surface area contributed by atoms with Gasteiger partial charge in [0.2, 0.25) is 0 Å². The third-order valence-electron chi connectivity index (χ3n) is 14.1. The minimum Gasteiger partial charge on any atom is -0.394 e. The van der Waals surface area contributed by atoms with Crippen molar-refractivity contribution in [2.24, 2.45) is 52.3 Å². The van der Waals surface area contributed by atoms with E-state index in [4.69, 9.17) is 18.9 Å². The first kappa shape index (κ1) is 29.4. The van der Waals surface area contributed by atoms with Crippen molar-refractivity contribution in [2.45, 2.75) is 141 Å². The predicted molar refractivity (Wildman–Crippen MR) is 150 cm³/mol. The molecular formula is C33H54O8. The number of hydrogen-bond donors (Lipinski definition) is 4. The fraction of sp³-hybridized carbons (Fsp3) is 1.00. The lowest BCUT2D eigenvalue weighted by Gasteiger charge is -2.61. The van der Waals surface area contributed by atoms with Crippen LogP contribution in [0.4, 0.5) is 0 Å². The Kier molecular flexibility index (Phi) is 7.43. The fourth-order valence-corrected chi connectivity index (χ4v) is 11.7. The number of aliphatic hydroxyl groups excluding tert-OH is 4. The highest BCUT2D eigenvalue weighted by atomic mass is 16.7. The Hall–Kier alpha value is -0.320. The van der Waals surface area contributed by atoms with Gasteiger partial charge < -0.3 is 39.4 Å². The van der Waals surface area contributed by atoms with Crippen molar-refractivity contribution < 1.29 is 39.4 Å². The standard InChI is InChI=1S/C33H54O8/c1-17-7-12-33(38-16-17)18(2)26-24(41-33)14-23-21-6-5-19-13-20(8-10-31(19,3)22(21)9-11-32(23,26)4)39-30-29(37)28(36)27(35)25(15-34)40-30/h17-30,34-37H,5-16H2,1-4H3/t17-,18-,19+,20-,21+,22-,23-,24-,25+,26-,27-,28-,29+,30+,31-,32-,33-/m0/s1. The zero-order valence-corrected chi connectivity index (χ0v) is 25.5. The van der Waals surface area contributed by atoms with Crippen LogP contribution < -0.4 is 0 Å². The Balaban J connectivity index is 1.03. The molecular weight excluding hydrogens is 524 g/mol. The predicted octanol–water partition coefficient (Wildman–Crippen LogP) is 3.62. The largest absolute Gasteiger partial charge is 0.394 e. The first-order valence-corrected chi connectivity index (χ1v) is 16.8. The quantitative estimate of drug-likeness (QED) is 0.375. The molecule has 3 heterocycles. The van der Waals surface area contributed by atoms with E-state index in [9.17, 15) is 20.4 Å². The van der Waals surface area contributed by atoms with E-state index in [0.29, 0.717) is 35.2 Å². The third-order valence-corrected chi connectivity index (χ3v) is 14.1. The highest BCUT2D eigenvalue weighted by Gasteiger charge is 2.69. The lowest BCUT2D eigenvalue weighted by Crippen LogP contribution is -2.60. The van der Waals surface area contributed by atoms with Gasteiger partial charge in [0.05, 0.1) is 25.4 Å². The number of ether oxygens (including phenoxy) is 4. The molecule has 3 aliphatic heterocycles. The van der Waals surface area contributed by atoms with E-state index in [1.807, 2.05) is 0 Å². The van der Waals surface area contributed by atoms with Gasteiger partial charge in [-0.2, -0.15) is 0 Å². The van der Waals surface area contributed by atoms with Crippen LogP contribution in [0.5, 0.6) is 0 Å². The van der Waals surface area contributed by atoms with Crippen molar-refractivity contribution in [1.29, 1.82) is 0 Å². The average Bonchev–Trinajstić information content (AvgIpc) is 3.40. The van der Waals surface area contributed by atoms with Crippen LogP contribution in [0.3, 0.4) is 0 Å². The fourth-order valence-electron chi connectivity index (χ4n) is 11.7. The van der Waals surface area contributed by atoms with Crippen LogP contribution in [0.1, 0.15) is 91.9 Å². The second-order valence-electron chi connectivity index (χ2n) is 15.9. The Morgan fingerprint density at radius 2 is 1.61 bits per heavy atom. The zero-order valence-electron chi connectivity index (χ0n) is 25.5. The van der Waals surface area contributed by atoms with E-state index in [0.717, 1.165) is 50.0 Å². The Bertz CT molecular complexity index is 967. The zero-order chi connectivity index (χ0) is 28.9. The molecule has 0 unspecified atom stereocenters. The van der Waals surface area contributed by atoms with Crippen molar-refractivity contribution in [2.75, 3.05) is 13.2 Å². The highest BCUT2D eigenvalue weighted by Crippen LogP contribution is 2.71. The van der Waals surface area contributed by atoms with Crippen LogP contribution in [-0.4, -0.2) is 82.3 Å². The van der Waals surface area contributed by atoms with Crippen LogP contribution >= 0.6 is 0 Å². The van der Waals surface area contributed by atoms with Crippen molar-refractivity contribution in [3.8, 4) is 0 Å². The van der Waals surface area contributed by atoms with Crippen LogP contribution in [0.2, 0.25) is 0 Å². The summed E-state index contributed by atoms with van der Waals surface area (Å²) in [5.41, 5.74) is 0.612. The molecule has 7 fully saturated rings. The molecule has 0 aromatic heterocycles. The summed E-state index contributed by atoms with van der Waals surface area (Å²) in [6.45, 7) is 10.3. The topological polar surface area (TPSA) is 118 Å². The minimum absolute atomic E-state index is 0.0607. The first-order chi connectivity index (χ1) is 19.5. The monoisotopic (exact) mass is 578 g/mol. The smallest absolute Gasteiger partial charge is 0.186 e. The van der Waals surface area contributed by atoms with Crippen molar-refractivity contribution in [3.63, 3.8) is 0 Å². The average molecular weight is 579 g/mol. The Labute approximate surface area is 245 Å². The molecule has 0 aromatic rings. The van der Waals surface area contributed by atoms with Crippen molar-refractivity contribution >= 4 is 0 Å². The van der Waals surface area contributed by atoms with E-state index in [-0.39, 0.29) is 17.3 Å². The molecule has 7 rings (SSSR count). The van der Waals surface area contributed by atoms with E-state index in [2.05, 4.69) is 27.7 Å². The second kappa shape index (κ2) is 10.4. The van der Waals surface area contributed by atoms with Gasteiger partial charge in [0, 0.05) is 12.3 Å². The molecule has 1 spiro atoms. The molecule has 8 nitrogen and oxygen atoms in total. The van der Waals surface area contributed by atoms with Gasteiger partial charge >= 0.3 is 0 Å². The first-order valence-electron chi connectivity index (χ1n) is 16.8. The normalized spacial score (nSPS) is 60.3. The van der Waals surface area contributed by atoms with E-state index in [1.54, 1.807) is 0 Å². The van der Waals surface area contributed by atoms with Gasteiger partial charge in [-0.25, -0.2) is 0 Å². The molecule has 0 bridgehead atoms. The highest BCUT2D eigenvalue weighted by molar-refractivity contribution is 5.15. The molecule has 41 heavy (non-hydrogen) atoms. The maximum atomic E-state index is 10.5. The molecule has 0 amide bonds. The van der Waals surface area contributed by atoms with Crippen LogP contribution in [-0.2, 0) is 18.9 Å². The molecule has 17 atom stereocenters. The maximum absolute atomic E-state index is 10.5. The van der Waals surface area contributed by atoms with Crippen LogP contribution in [0, 0.1) is 52.3 Å². The summed E-state index contributed by atoms with van der Waals surface area (Å²) in [7, 11) is 0. The second-order valence-corrected chi connectivity index (χ2v) is 15.9. The van der Waals surface area contributed by atoms with Gasteiger partial charge in [0.1, 0.15) is 24.4 Å². The lowest BCUT2D eigenvalue weighted by molar-refractivity contribution is -0.316. The summed E-state index contributed by atoms with van der Waals surface area (Å²) in [5.74, 6) is 4.08. The van der Waals surface area contributed by atoms with Gasteiger partial charge in [-0.15, -0.1) is 0 Å². The summed E-state index contributed by atoms with van der Waals surface area (Å²) >= 11 is 0. The molecule has 4 N–H and O–H groups in total. The van der Waals surface area contributed by atoms with E-state index >= 15 is 0 Å². The lowest BCUT2D eigenvalue weighted by atomic mass is 9.44. The molecule has 7 aliphatic rings. The number of fused-ring (bicyclic) bond motifs is 7. The SMILES string of the molecule is C[C@H]1CC[C@]2(OC1)O[C@H]1C[C@H]3[C@@H]4CC[C@@H]5C[C@@H](O[C@@H]6O[C@H](CO)[C@H](O)[C@H](O)[C@H]6O)CC[C@]5(C)[C@H]4CC[C@]3(C)[C@H]1[C@@H]2C. The minimum atomic E-state index is -1.40. The molecule has 3 saturated heterocycles. The van der Waals surface area contributed by atoms with Crippen molar-refractivity contribution in [1.82, 2.24) is 0 Å². The van der Waals surface area contributed by atoms with Gasteiger partial charge in [0.25, 0.3) is 0 Å². The van der Waals surface area contributed by atoms with Gasteiger partial charge in [-0.3, -0.25) is 0 Å². The maximum Gasteiger partial charge on any atom is 0.186 e. The van der Waals surface area contributed by atoms with E-state index in [1.165, 1.54) is 38.5 Å². The summed E-state index contributed by atoms with van der Waals surface area (Å²) in [4.78, 5) is 0. The summed E-state index contributed by atoms with van der Waals surface area (Å²) in [6, 6.07) is 0. The van der Waals surface area contributed by atoms with Gasteiger partial charge in [-0.05, 0) is 104 Å². The Morgan fingerprint density at radius 1 is 0.829 bits per heavy atom. The summed E-state index contributed by atoms with van der Waals surface area (Å²) < 4.78 is 25.4. The molecule has 0 radical (unpaired) electrons. The Morgan fingerprint density at radius 3 is 2.34 bits per heavy atom. The molecule has 8 heteroatoms. The number of hydrogen-bond acceptors (Lipinski definition) is 8. The molecule has 4 aliphatic carbocycles.